The summed E-state index contributed by atoms with van der Waals surface area (Å²) in [6.45, 7) is 9.46. The molecule has 0 bridgehead atoms. The summed E-state index contributed by atoms with van der Waals surface area (Å²) in [5, 5.41) is 6.37. The zero-order valence-corrected chi connectivity index (χ0v) is 12.7. The van der Waals surface area contributed by atoms with Gasteiger partial charge in [-0.05, 0) is 27.3 Å². The maximum atomic E-state index is 12.1. The van der Waals surface area contributed by atoms with Gasteiger partial charge in [-0.15, -0.1) is 0 Å². The van der Waals surface area contributed by atoms with E-state index in [2.05, 4.69) is 29.4 Å². The largest absolute Gasteiger partial charge is 0.374 e. The molecule has 1 fully saturated rings. The minimum Gasteiger partial charge on any atom is -0.374 e. The monoisotopic (exact) mass is 271 g/mol. The summed E-state index contributed by atoms with van der Waals surface area (Å²) in [5.74, 6) is 0.104. The van der Waals surface area contributed by atoms with E-state index in [1.54, 1.807) is 0 Å². The van der Waals surface area contributed by atoms with Crippen LogP contribution in [0.5, 0.6) is 0 Å². The van der Waals surface area contributed by atoms with Crippen molar-refractivity contribution in [2.24, 2.45) is 0 Å². The first kappa shape index (κ1) is 16.4. The first-order valence-electron chi connectivity index (χ1n) is 7.37. The van der Waals surface area contributed by atoms with Crippen molar-refractivity contribution in [3.63, 3.8) is 0 Å². The van der Waals surface area contributed by atoms with Gasteiger partial charge in [0.25, 0.3) is 0 Å². The maximum absolute atomic E-state index is 12.1. The molecule has 3 atom stereocenters. The molecular weight excluding hydrogens is 242 g/mol. The fourth-order valence-electron chi connectivity index (χ4n) is 2.29. The molecular formula is C14H29N3O2. The number of amides is 1. The van der Waals surface area contributed by atoms with Gasteiger partial charge in [-0.3, -0.25) is 9.69 Å². The Morgan fingerprint density at radius 2 is 2.26 bits per heavy atom. The van der Waals surface area contributed by atoms with Crippen molar-refractivity contribution in [3.8, 4) is 0 Å². The Morgan fingerprint density at radius 1 is 1.53 bits per heavy atom. The lowest BCUT2D eigenvalue weighted by atomic mass is 10.1. The maximum Gasteiger partial charge on any atom is 0.237 e. The first-order valence-corrected chi connectivity index (χ1v) is 7.37. The molecule has 0 saturated carbocycles. The smallest absolute Gasteiger partial charge is 0.237 e. The molecule has 19 heavy (non-hydrogen) atoms. The number of nitrogens with one attached hydrogen (secondary N) is 2. The summed E-state index contributed by atoms with van der Waals surface area (Å²) in [5.41, 5.74) is 0. The molecule has 0 aromatic carbocycles. The molecule has 0 spiro atoms. The van der Waals surface area contributed by atoms with Crippen molar-refractivity contribution in [3.05, 3.63) is 0 Å². The lowest BCUT2D eigenvalue weighted by molar-refractivity contribution is -0.126. The van der Waals surface area contributed by atoms with Crippen molar-refractivity contribution in [1.82, 2.24) is 15.5 Å². The second-order valence-corrected chi connectivity index (χ2v) is 5.51. The van der Waals surface area contributed by atoms with E-state index >= 15 is 0 Å². The first-order chi connectivity index (χ1) is 9.04. The van der Waals surface area contributed by atoms with Crippen LogP contribution in [-0.4, -0.2) is 62.3 Å². The van der Waals surface area contributed by atoms with Crippen molar-refractivity contribution < 1.29 is 9.53 Å². The Morgan fingerprint density at radius 3 is 2.84 bits per heavy atom. The molecule has 3 unspecified atom stereocenters. The van der Waals surface area contributed by atoms with Gasteiger partial charge in [-0.25, -0.2) is 0 Å². The summed E-state index contributed by atoms with van der Waals surface area (Å²) in [6.07, 6.45) is 2.30. The van der Waals surface area contributed by atoms with Crippen molar-refractivity contribution in [1.29, 1.82) is 0 Å². The molecule has 1 heterocycles. The van der Waals surface area contributed by atoms with Crippen LogP contribution in [0, 0.1) is 0 Å². The second-order valence-electron chi connectivity index (χ2n) is 5.51. The predicted molar refractivity (Wildman–Crippen MR) is 77.2 cm³/mol. The van der Waals surface area contributed by atoms with E-state index in [4.69, 9.17) is 4.74 Å². The summed E-state index contributed by atoms with van der Waals surface area (Å²) < 4.78 is 5.66. The van der Waals surface area contributed by atoms with Crippen LogP contribution in [-0.2, 0) is 9.53 Å². The lowest BCUT2D eigenvalue weighted by Crippen LogP contribution is -2.51. The van der Waals surface area contributed by atoms with Crippen molar-refractivity contribution >= 4 is 5.91 Å². The summed E-state index contributed by atoms with van der Waals surface area (Å²) in [4.78, 5) is 14.2. The number of carbonyl (C=O) groups is 1. The predicted octanol–water partition coefficient (Wildman–Crippen LogP) is 0.600. The van der Waals surface area contributed by atoms with E-state index in [0.717, 1.165) is 39.1 Å². The van der Waals surface area contributed by atoms with Crippen LogP contribution in [0.1, 0.15) is 33.6 Å². The number of ether oxygens (including phenoxy) is 1. The van der Waals surface area contributed by atoms with Gasteiger partial charge < -0.3 is 15.4 Å². The van der Waals surface area contributed by atoms with E-state index in [9.17, 15) is 4.79 Å². The Bertz CT molecular complexity index is 267. The Hall–Kier alpha value is -0.650. The number of morpholine rings is 1. The van der Waals surface area contributed by atoms with Crippen LogP contribution >= 0.6 is 0 Å². The molecule has 1 rings (SSSR count). The topological polar surface area (TPSA) is 53.6 Å². The van der Waals surface area contributed by atoms with Crippen LogP contribution in [0.15, 0.2) is 0 Å². The number of likely N-dealkylation sites (N-methyl/N-ethyl adjacent to an activating group) is 1. The van der Waals surface area contributed by atoms with Crippen LogP contribution in [0.2, 0.25) is 0 Å². The minimum absolute atomic E-state index is 0.104. The van der Waals surface area contributed by atoms with Gasteiger partial charge in [0, 0.05) is 25.7 Å². The van der Waals surface area contributed by atoms with Gasteiger partial charge in [0.15, 0.2) is 0 Å². The Labute approximate surface area is 117 Å². The molecule has 5 nitrogen and oxygen atoms in total. The van der Waals surface area contributed by atoms with Gasteiger partial charge >= 0.3 is 0 Å². The molecule has 0 radical (unpaired) electrons. The molecule has 0 aromatic rings. The number of nitrogens with zero attached hydrogens (tertiary/aromatic N) is 1. The fraction of sp³-hybridized carbons (Fsp3) is 0.929. The SMILES string of the molecule is CCCC(C)NC(=O)C(C)N(C)CC1CNCCO1. The molecule has 2 N–H and O–H groups in total. The minimum atomic E-state index is -0.121. The average Bonchev–Trinajstić information content (AvgIpc) is 2.39. The third kappa shape index (κ3) is 5.89. The van der Waals surface area contributed by atoms with E-state index in [1.165, 1.54) is 0 Å². The molecule has 1 amide bonds. The van der Waals surface area contributed by atoms with E-state index in [1.807, 2.05) is 14.0 Å². The molecule has 112 valence electrons. The third-order valence-corrected chi connectivity index (χ3v) is 3.65. The molecule has 0 aliphatic carbocycles. The molecule has 1 aliphatic heterocycles. The highest BCUT2D eigenvalue weighted by molar-refractivity contribution is 5.81. The van der Waals surface area contributed by atoms with E-state index in [0.29, 0.717) is 0 Å². The third-order valence-electron chi connectivity index (χ3n) is 3.65. The number of hydrogen-bond acceptors (Lipinski definition) is 4. The Balaban J connectivity index is 2.33. The number of rotatable bonds is 7. The molecule has 0 aromatic heterocycles. The van der Waals surface area contributed by atoms with Crippen molar-refractivity contribution in [2.45, 2.75) is 51.8 Å². The molecule has 1 aliphatic rings. The average molecular weight is 271 g/mol. The lowest BCUT2D eigenvalue weighted by Gasteiger charge is -2.31. The summed E-state index contributed by atoms with van der Waals surface area (Å²) in [7, 11) is 1.98. The quantitative estimate of drug-likeness (QED) is 0.712. The second kappa shape index (κ2) is 8.51. The highest BCUT2D eigenvalue weighted by Crippen LogP contribution is 2.04. The number of carbonyl (C=O) groups excluding carboxylic acids is 1. The van der Waals surface area contributed by atoms with Gasteiger partial charge in [-0.2, -0.15) is 0 Å². The number of hydrogen-bond donors (Lipinski definition) is 2. The van der Waals surface area contributed by atoms with Crippen LogP contribution in [0.3, 0.4) is 0 Å². The summed E-state index contributed by atoms with van der Waals surface area (Å²) >= 11 is 0. The highest BCUT2D eigenvalue weighted by atomic mass is 16.5. The van der Waals surface area contributed by atoms with E-state index in [-0.39, 0.29) is 24.1 Å². The van der Waals surface area contributed by atoms with E-state index < -0.39 is 0 Å². The van der Waals surface area contributed by atoms with Crippen molar-refractivity contribution in [2.75, 3.05) is 33.3 Å². The zero-order valence-electron chi connectivity index (χ0n) is 12.7. The Kier molecular flexibility index (Phi) is 7.34. The summed E-state index contributed by atoms with van der Waals surface area (Å²) in [6, 6.07) is 0.130. The van der Waals surface area contributed by atoms with Gasteiger partial charge in [-0.1, -0.05) is 13.3 Å². The van der Waals surface area contributed by atoms with Gasteiger partial charge in [0.1, 0.15) is 0 Å². The highest BCUT2D eigenvalue weighted by Gasteiger charge is 2.23. The van der Waals surface area contributed by atoms with Gasteiger partial charge in [0.05, 0.1) is 18.8 Å². The molecule has 5 heteroatoms. The van der Waals surface area contributed by atoms with Crippen LogP contribution < -0.4 is 10.6 Å². The van der Waals surface area contributed by atoms with Crippen LogP contribution in [0.4, 0.5) is 0 Å². The zero-order chi connectivity index (χ0) is 14.3. The fourth-order valence-corrected chi connectivity index (χ4v) is 2.29. The van der Waals surface area contributed by atoms with Crippen LogP contribution in [0.25, 0.3) is 0 Å². The molecule has 1 saturated heterocycles. The standard InChI is InChI=1S/C14H29N3O2/c1-5-6-11(2)16-14(18)12(3)17(4)10-13-9-15-7-8-19-13/h11-13,15H,5-10H2,1-4H3,(H,16,18). The van der Waals surface area contributed by atoms with Gasteiger partial charge in [0.2, 0.25) is 5.91 Å². The normalized spacial score (nSPS) is 23.1.